The smallest absolute Gasteiger partial charge is 0.332 e. The Hall–Kier alpha value is -3.55. The molecule has 202 valence electrons. The molecular formula is C31H34ClN5O2. The van der Waals surface area contributed by atoms with Crippen LogP contribution in [0.1, 0.15) is 32.4 Å². The number of aromatic hydroxyl groups is 1. The first kappa shape index (κ1) is 25.7. The molecular weight excluding hydrogens is 510 g/mol. The van der Waals surface area contributed by atoms with Crippen molar-refractivity contribution in [3.8, 4) is 33.8 Å². The molecule has 2 saturated heterocycles. The van der Waals surface area contributed by atoms with Gasteiger partial charge in [0.05, 0.1) is 10.7 Å². The number of nitrogens with zero attached hydrogens (tertiary/aromatic N) is 5. The van der Waals surface area contributed by atoms with Gasteiger partial charge in [0.25, 0.3) is 0 Å². The molecule has 4 aromatic rings. The summed E-state index contributed by atoms with van der Waals surface area (Å²) in [7, 11) is 1.70. The number of hydrogen-bond acceptors (Lipinski definition) is 5. The Kier molecular flexibility index (Phi) is 6.31. The SMILES string of the molecule is Cc1cc(-c2ccc(-n3ccn(C)c3=O)c(Cl)c2)c(O)c(-c2cccc(N3CCC4(CCN4C(C)C)C3)c2)n1. The standard InChI is InChI=1S/C31H34ClN5O2/c1-20(2)37-13-11-31(37)10-12-35(19-31)24-7-5-6-23(17-24)28-29(38)25(16-21(3)33-28)22-8-9-27(26(32)18-22)36-15-14-34(4)30(36)39/h5-9,14-18,20,38H,10-13,19H2,1-4H3. The molecule has 0 bridgehead atoms. The van der Waals surface area contributed by atoms with Crippen molar-refractivity contribution in [2.24, 2.45) is 7.05 Å². The minimum absolute atomic E-state index is 0.112. The molecule has 1 N–H and O–H groups in total. The summed E-state index contributed by atoms with van der Waals surface area (Å²) in [6, 6.07) is 16.2. The second kappa shape index (κ2) is 9.57. The van der Waals surface area contributed by atoms with Crippen LogP contribution in [0.15, 0.2) is 65.7 Å². The van der Waals surface area contributed by atoms with Gasteiger partial charge in [-0.15, -0.1) is 0 Å². The maximum Gasteiger partial charge on any atom is 0.332 e. The molecule has 2 aromatic carbocycles. The average molecular weight is 544 g/mol. The molecule has 2 aliphatic heterocycles. The first-order valence-electron chi connectivity index (χ1n) is 13.5. The lowest BCUT2D eigenvalue weighted by Gasteiger charge is -2.53. The van der Waals surface area contributed by atoms with Crippen molar-refractivity contribution in [3.05, 3.63) is 82.1 Å². The van der Waals surface area contributed by atoms with E-state index in [1.807, 2.05) is 31.2 Å². The summed E-state index contributed by atoms with van der Waals surface area (Å²) in [5, 5.41) is 11.9. The van der Waals surface area contributed by atoms with Gasteiger partial charge in [-0.25, -0.2) is 9.78 Å². The number of anilines is 1. The fourth-order valence-electron chi connectivity index (χ4n) is 6.33. The van der Waals surface area contributed by atoms with Crippen molar-refractivity contribution in [2.45, 2.75) is 45.2 Å². The summed E-state index contributed by atoms with van der Waals surface area (Å²) >= 11 is 6.63. The number of pyridine rings is 1. The quantitative estimate of drug-likeness (QED) is 0.353. The Morgan fingerprint density at radius 3 is 2.49 bits per heavy atom. The van der Waals surface area contributed by atoms with Gasteiger partial charge < -0.3 is 14.6 Å². The molecule has 0 amide bonds. The number of imidazole rings is 1. The van der Waals surface area contributed by atoms with E-state index in [1.165, 1.54) is 28.5 Å². The molecule has 1 spiro atoms. The van der Waals surface area contributed by atoms with Crippen molar-refractivity contribution in [1.82, 2.24) is 19.0 Å². The lowest BCUT2D eigenvalue weighted by Crippen LogP contribution is -2.63. The normalized spacial score (nSPS) is 19.3. The zero-order valence-corrected chi connectivity index (χ0v) is 23.6. The van der Waals surface area contributed by atoms with Crippen molar-refractivity contribution in [1.29, 1.82) is 0 Å². The molecule has 4 heterocycles. The monoisotopic (exact) mass is 543 g/mol. The van der Waals surface area contributed by atoms with E-state index in [4.69, 9.17) is 16.6 Å². The maximum atomic E-state index is 12.4. The average Bonchev–Trinajstić information content (AvgIpc) is 3.50. The van der Waals surface area contributed by atoms with Crippen molar-refractivity contribution >= 4 is 17.3 Å². The van der Waals surface area contributed by atoms with Crippen LogP contribution in [0.4, 0.5) is 5.69 Å². The predicted octanol–water partition coefficient (Wildman–Crippen LogP) is 5.64. The van der Waals surface area contributed by atoms with Gasteiger partial charge in [-0.2, -0.15) is 0 Å². The van der Waals surface area contributed by atoms with Crippen LogP contribution in [-0.4, -0.2) is 55.3 Å². The molecule has 1 atom stereocenters. The van der Waals surface area contributed by atoms with Crippen LogP contribution in [0.5, 0.6) is 5.75 Å². The predicted molar refractivity (Wildman–Crippen MR) is 157 cm³/mol. The number of rotatable bonds is 5. The third kappa shape index (κ3) is 4.34. The van der Waals surface area contributed by atoms with Crippen molar-refractivity contribution < 1.29 is 5.11 Å². The molecule has 8 heteroatoms. The van der Waals surface area contributed by atoms with E-state index in [-0.39, 0.29) is 17.0 Å². The number of aryl methyl sites for hydroxylation is 2. The van der Waals surface area contributed by atoms with E-state index in [0.717, 1.165) is 35.6 Å². The molecule has 2 aliphatic rings. The lowest BCUT2D eigenvalue weighted by atomic mass is 9.82. The Labute approximate surface area is 233 Å². The maximum absolute atomic E-state index is 12.4. The van der Waals surface area contributed by atoms with Crippen molar-refractivity contribution in [3.63, 3.8) is 0 Å². The van der Waals surface area contributed by atoms with E-state index in [2.05, 4.69) is 35.8 Å². The summed E-state index contributed by atoms with van der Waals surface area (Å²) < 4.78 is 3.00. The van der Waals surface area contributed by atoms with Crippen molar-refractivity contribution in [2.75, 3.05) is 24.5 Å². The number of hydrogen-bond donors (Lipinski definition) is 1. The van der Waals surface area contributed by atoms with Gasteiger partial charge in [0.15, 0.2) is 0 Å². The largest absolute Gasteiger partial charge is 0.505 e. The Bertz CT molecular complexity index is 1620. The summed E-state index contributed by atoms with van der Waals surface area (Å²) in [6.07, 6.45) is 5.82. The van der Waals surface area contributed by atoms with Crippen LogP contribution in [0.2, 0.25) is 5.02 Å². The summed E-state index contributed by atoms with van der Waals surface area (Å²) in [4.78, 5) is 22.3. The van der Waals surface area contributed by atoms with Gasteiger partial charge in [0.1, 0.15) is 11.4 Å². The fraction of sp³-hybridized carbons (Fsp3) is 0.355. The molecule has 39 heavy (non-hydrogen) atoms. The van der Waals surface area contributed by atoms with Crippen LogP contribution in [-0.2, 0) is 7.05 Å². The number of aromatic nitrogens is 3. The molecule has 0 aliphatic carbocycles. The zero-order valence-electron chi connectivity index (χ0n) is 22.9. The second-order valence-corrected chi connectivity index (χ2v) is 11.6. The highest BCUT2D eigenvalue weighted by Crippen LogP contribution is 2.43. The Morgan fingerprint density at radius 2 is 1.82 bits per heavy atom. The minimum atomic E-state index is -0.174. The molecule has 0 radical (unpaired) electrons. The second-order valence-electron chi connectivity index (χ2n) is 11.2. The highest BCUT2D eigenvalue weighted by Gasteiger charge is 2.50. The molecule has 2 fully saturated rings. The highest BCUT2D eigenvalue weighted by molar-refractivity contribution is 6.32. The first-order valence-corrected chi connectivity index (χ1v) is 13.9. The summed E-state index contributed by atoms with van der Waals surface area (Å²) in [5.74, 6) is 0.112. The zero-order chi connectivity index (χ0) is 27.5. The highest BCUT2D eigenvalue weighted by atomic mass is 35.5. The van der Waals surface area contributed by atoms with E-state index < -0.39 is 0 Å². The van der Waals surface area contributed by atoms with Gasteiger partial charge in [-0.1, -0.05) is 29.8 Å². The van der Waals surface area contributed by atoms with Gasteiger partial charge in [-0.3, -0.25) is 9.47 Å². The van der Waals surface area contributed by atoms with E-state index in [9.17, 15) is 9.90 Å². The van der Waals surface area contributed by atoms with Crippen LogP contribution in [0.25, 0.3) is 28.1 Å². The third-order valence-electron chi connectivity index (χ3n) is 8.45. The molecule has 7 nitrogen and oxygen atoms in total. The molecule has 0 saturated carbocycles. The van der Waals surface area contributed by atoms with Gasteiger partial charge in [0.2, 0.25) is 0 Å². The van der Waals surface area contributed by atoms with Gasteiger partial charge >= 0.3 is 5.69 Å². The van der Waals surface area contributed by atoms with Crippen LogP contribution in [0, 0.1) is 6.92 Å². The molecule has 6 rings (SSSR count). The topological polar surface area (TPSA) is 66.5 Å². The number of likely N-dealkylation sites (tertiary alicyclic amines) is 1. The Balaban J connectivity index is 1.33. The van der Waals surface area contributed by atoms with E-state index in [1.54, 1.807) is 31.6 Å². The van der Waals surface area contributed by atoms with Crippen LogP contribution < -0.4 is 10.6 Å². The third-order valence-corrected chi connectivity index (χ3v) is 8.76. The fourth-order valence-corrected chi connectivity index (χ4v) is 6.60. The Morgan fingerprint density at radius 1 is 1.03 bits per heavy atom. The number of benzene rings is 2. The van der Waals surface area contributed by atoms with Gasteiger partial charge in [0, 0.05) is 73.2 Å². The minimum Gasteiger partial charge on any atom is -0.505 e. The summed E-state index contributed by atoms with van der Waals surface area (Å²) in [6.45, 7) is 9.75. The van der Waals surface area contributed by atoms with E-state index in [0.29, 0.717) is 28.0 Å². The van der Waals surface area contributed by atoms with Gasteiger partial charge in [-0.05, 0) is 69.5 Å². The number of halogens is 1. The first-order chi connectivity index (χ1) is 18.7. The molecule has 2 aromatic heterocycles. The van der Waals surface area contributed by atoms with Crippen LogP contribution >= 0.6 is 11.6 Å². The van der Waals surface area contributed by atoms with E-state index >= 15 is 0 Å². The lowest BCUT2D eigenvalue weighted by molar-refractivity contribution is -0.0237. The van der Waals surface area contributed by atoms with Crippen LogP contribution in [0.3, 0.4) is 0 Å². The molecule has 1 unspecified atom stereocenters. The summed E-state index contributed by atoms with van der Waals surface area (Å²) in [5.41, 5.74) is 5.50.